The van der Waals surface area contributed by atoms with E-state index in [2.05, 4.69) is 18.9 Å². The number of aromatic nitrogens is 2. The van der Waals surface area contributed by atoms with Gasteiger partial charge in [-0.05, 0) is 31.9 Å². The van der Waals surface area contributed by atoms with Crippen LogP contribution in [0.3, 0.4) is 0 Å². The molecule has 0 saturated carbocycles. The van der Waals surface area contributed by atoms with Crippen LogP contribution in [0.5, 0.6) is 0 Å². The maximum atomic E-state index is 12.2. The highest BCUT2D eigenvalue weighted by Gasteiger charge is 2.12. The molecule has 3 heteroatoms. The molecule has 0 N–H and O–H groups in total. The number of benzene rings is 1. The van der Waals surface area contributed by atoms with Crippen molar-refractivity contribution < 1.29 is 4.79 Å². The zero-order valence-corrected chi connectivity index (χ0v) is 11.8. The minimum Gasteiger partial charge on any atom is -0.294 e. The summed E-state index contributed by atoms with van der Waals surface area (Å²) in [6.07, 6.45) is 3.36. The maximum absolute atomic E-state index is 12.2. The van der Waals surface area contributed by atoms with E-state index in [1.165, 1.54) is 0 Å². The molecular weight excluding hydrogens is 236 g/mol. The van der Waals surface area contributed by atoms with Gasteiger partial charge in [-0.25, -0.2) is 0 Å². The van der Waals surface area contributed by atoms with Gasteiger partial charge in [-0.15, -0.1) is 0 Å². The predicted molar refractivity (Wildman–Crippen MR) is 76.4 cm³/mol. The van der Waals surface area contributed by atoms with Crippen LogP contribution in [0.4, 0.5) is 0 Å². The van der Waals surface area contributed by atoms with Gasteiger partial charge in [0.1, 0.15) is 0 Å². The second-order valence-electron chi connectivity index (χ2n) is 4.96. The molecule has 0 saturated heterocycles. The molecule has 1 unspecified atom stereocenters. The number of rotatable bonds is 5. The molecule has 100 valence electrons. The molecule has 1 heterocycles. The van der Waals surface area contributed by atoms with Crippen LogP contribution < -0.4 is 0 Å². The summed E-state index contributed by atoms with van der Waals surface area (Å²) in [7, 11) is 0. The largest absolute Gasteiger partial charge is 0.294 e. The zero-order chi connectivity index (χ0) is 13.8. The Morgan fingerprint density at radius 2 is 2.05 bits per heavy atom. The number of nitrogens with zero attached hydrogens (tertiary/aromatic N) is 2. The van der Waals surface area contributed by atoms with Crippen molar-refractivity contribution in [2.45, 2.75) is 39.7 Å². The van der Waals surface area contributed by atoms with Gasteiger partial charge in [-0.3, -0.25) is 9.48 Å². The van der Waals surface area contributed by atoms with Crippen LogP contribution >= 0.6 is 0 Å². The average Bonchev–Trinajstić information content (AvgIpc) is 2.86. The predicted octanol–water partition coefficient (Wildman–Crippen LogP) is 3.59. The molecule has 3 nitrogen and oxygen atoms in total. The van der Waals surface area contributed by atoms with E-state index in [1.807, 2.05) is 48.1 Å². The number of hydrogen-bond donors (Lipinski definition) is 0. The Bertz CT molecular complexity index is 572. The molecule has 0 fully saturated rings. The SMILES string of the molecule is CCC(C)n1ccc(CC(=O)c2ccccc2C)n1. The smallest absolute Gasteiger partial charge is 0.169 e. The van der Waals surface area contributed by atoms with Crippen molar-refractivity contribution >= 4 is 5.78 Å². The number of ketones is 1. The van der Waals surface area contributed by atoms with Crippen molar-refractivity contribution in [2.75, 3.05) is 0 Å². The molecule has 0 radical (unpaired) electrons. The Balaban J connectivity index is 2.11. The summed E-state index contributed by atoms with van der Waals surface area (Å²) in [5.41, 5.74) is 2.66. The van der Waals surface area contributed by atoms with Gasteiger partial charge >= 0.3 is 0 Å². The lowest BCUT2D eigenvalue weighted by Crippen LogP contribution is -2.08. The molecular formula is C16H20N2O. The standard InChI is InChI=1S/C16H20N2O/c1-4-13(3)18-10-9-14(17-18)11-16(19)15-8-6-5-7-12(15)2/h5-10,13H,4,11H2,1-3H3. The van der Waals surface area contributed by atoms with Crippen molar-refractivity contribution in [2.24, 2.45) is 0 Å². The summed E-state index contributed by atoms with van der Waals surface area (Å²) in [6.45, 7) is 6.22. The van der Waals surface area contributed by atoms with Crippen LogP contribution in [0, 0.1) is 6.92 Å². The van der Waals surface area contributed by atoms with Crippen molar-refractivity contribution in [3.05, 3.63) is 53.3 Å². The van der Waals surface area contributed by atoms with Gasteiger partial charge < -0.3 is 0 Å². The topological polar surface area (TPSA) is 34.9 Å². The second-order valence-corrected chi connectivity index (χ2v) is 4.96. The number of Topliss-reactive ketones (excluding diaryl/α,β-unsaturated/α-hetero) is 1. The second kappa shape index (κ2) is 5.83. The van der Waals surface area contributed by atoms with Gasteiger partial charge in [0.15, 0.2) is 5.78 Å². The molecule has 0 aliphatic rings. The Morgan fingerprint density at radius 3 is 2.74 bits per heavy atom. The lowest BCUT2D eigenvalue weighted by atomic mass is 10.0. The zero-order valence-electron chi connectivity index (χ0n) is 11.8. The summed E-state index contributed by atoms with van der Waals surface area (Å²) < 4.78 is 1.93. The van der Waals surface area contributed by atoms with Gasteiger partial charge in [0, 0.05) is 17.8 Å². The molecule has 0 aliphatic heterocycles. The molecule has 2 aromatic rings. The van der Waals surface area contributed by atoms with E-state index in [9.17, 15) is 4.79 Å². The summed E-state index contributed by atoms with van der Waals surface area (Å²) in [5, 5.41) is 4.47. The Kier molecular flexibility index (Phi) is 4.15. The van der Waals surface area contributed by atoms with Crippen molar-refractivity contribution in [3.8, 4) is 0 Å². The highest BCUT2D eigenvalue weighted by atomic mass is 16.1. The molecule has 2 rings (SSSR count). The molecule has 0 bridgehead atoms. The van der Waals surface area contributed by atoms with Crippen LogP contribution in [0.2, 0.25) is 0 Å². The van der Waals surface area contributed by atoms with Gasteiger partial charge in [0.25, 0.3) is 0 Å². The van der Waals surface area contributed by atoms with E-state index >= 15 is 0 Å². The summed E-state index contributed by atoms with van der Waals surface area (Å²) in [4.78, 5) is 12.2. The van der Waals surface area contributed by atoms with Crippen LogP contribution in [-0.2, 0) is 6.42 Å². The molecule has 19 heavy (non-hydrogen) atoms. The Hall–Kier alpha value is -1.90. The molecule has 1 aromatic carbocycles. The fraction of sp³-hybridized carbons (Fsp3) is 0.375. The van der Waals surface area contributed by atoms with Crippen LogP contribution in [-0.4, -0.2) is 15.6 Å². The van der Waals surface area contributed by atoms with E-state index in [-0.39, 0.29) is 5.78 Å². The number of hydrogen-bond acceptors (Lipinski definition) is 2. The molecule has 0 amide bonds. The first-order chi connectivity index (χ1) is 9.11. The number of carbonyl (C=O) groups is 1. The minimum absolute atomic E-state index is 0.132. The van der Waals surface area contributed by atoms with E-state index in [4.69, 9.17) is 0 Å². The van der Waals surface area contributed by atoms with Gasteiger partial charge in [0.05, 0.1) is 12.1 Å². The van der Waals surface area contributed by atoms with E-state index < -0.39 is 0 Å². The lowest BCUT2D eigenvalue weighted by molar-refractivity contribution is 0.0991. The first-order valence-corrected chi connectivity index (χ1v) is 6.74. The highest BCUT2D eigenvalue weighted by Crippen LogP contribution is 2.13. The first kappa shape index (κ1) is 13.5. The van der Waals surface area contributed by atoms with Gasteiger partial charge in [-0.2, -0.15) is 5.10 Å². The third kappa shape index (κ3) is 3.11. The number of aryl methyl sites for hydroxylation is 1. The quantitative estimate of drug-likeness (QED) is 0.766. The summed E-state index contributed by atoms with van der Waals surface area (Å²) in [6, 6.07) is 10.0. The molecule has 1 atom stereocenters. The van der Waals surface area contributed by atoms with Gasteiger partial charge in [-0.1, -0.05) is 31.2 Å². The van der Waals surface area contributed by atoms with Crippen LogP contribution in [0.25, 0.3) is 0 Å². The summed E-state index contributed by atoms with van der Waals surface area (Å²) in [5.74, 6) is 0.132. The fourth-order valence-corrected chi connectivity index (χ4v) is 2.05. The lowest BCUT2D eigenvalue weighted by Gasteiger charge is -2.08. The van der Waals surface area contributed by atoms with Crippen molar-refractivity contribution in [1.82, 2.24) is 9.78 Å². The van der Waals surface area contributed by atoms with Crippen LogP contribution in [0.15, 0.2) is 36.5 Å². The van der Waals surface area contributed by atoms with Crippen molar-refractivity contribution in [3.63, 3.8) is 0 Å². The third-order valence-electron chi connectivity index (χ3n) is 3.49. The molecule has 0 spiro atoms. The fourth-order valence-electron chi connectivity index (χ4n) is 2.05. The third-order valence-corrected chi connectivity index (χ3v) is 3.49. The first-order valence-electron chi connectivity index (χ1n) is 6.74. The highest BCUT2D eigenvalue weighted by molar-refractivity contribution is 5.98. The van der Waals surface area contributed by atoms with Crippen LogP contribution in [0.1, 0.15) is 47.9 Å². The maximum Gasteiger partial charge on any atom is 0.169 e. The minimum atomic E-state index is 0.132. The van der Waals surface area contributed by atoms with E-state index in [0.717, 1.165) is 23.2 Å². The normalized spacial score (nSPS) is 12.4. The Morgan fingerprint density at radius 1 is 1.32 bits per heavy atom. The van der Waals surface area contributed by atoms with E-state index in [1.54, 1.807) is 0 Å². The van der Waals surface area contributed by atoms with E-state index in [0.29, 0.717) is 12.5 Å². The number of carbonyl (C=O) groups excluding carboxylic acids is 1. The monoisotopic (exact) mass is 256 g/mol. The Labute approximate surface area is 114 Å². The van der Waals surface area contributed by atoms with Crippen molar-refractivity contribution in [1.29, 1.82) is 0 Å². The molecule has 0 aliphatic carbocycles. The van der Waals surface area contributed by atoms with Gasteiger partial charge in [0.2, 0.25) is 0 Å². The average molecular weight is 256 g/mol. The molecule has 1 aromatic heterocycles. The summed E-state index contributed by atoms with van der Waals surface area (Å²) >= 11 is 0.